The monoisotopic (exact) mass is 192 g/mol. The van der Waals surface area contributed by atoms with Gasteiger partial charge in [-0.25, -0.2) is 0 Å². The van der Waals surface area contributed by atoms with Crippen LogP contribution in [0.15, 0.2) is 18.2 Å². The van der Waals surface area contributed by atoms with E-state index in [0.717, 1.165) is 29.6 Å². The standard InChI is InChI=1S/C12H16O2/c1-9(2)6-10-4-5-12(14-3)7-11(10)8-13/h4-5,7-9H,6H2,1-3H3. The zero-order valence-corrected chi connectivity index (χ0v) is 8.91. The molecule has 0 spiro atoms. The van der Waals surface area contributed by atoms with E-state index in [2.05, 4.69) is 13.8 Å². The average Bonchev–Trinajstić information content (AvgIpc) is 2.17. The predicted octanol–water partition coefficient (Wildman–Crippen LogP) is 2.71. The quantitative estimate of drug-likeness (QED) is 0.685. The molecule has 0 saturated heterocycles. The van der Waals surface area contributed by atoms with E-state index >= 15 is 0 Å². The van der Waals surface area contributed by atoms with Gasteiger partial charge >= 0.3 is 0 Å². The molecule has 0 heterocycles. The summed E-state index contributed by atoms with van der Waals surface area (Å²) >= 11 is 0. The van der Waals surface area contributed by atoms with Crippen LogP contribution < -0.4 is 4.74 Å². The molecule has 0 aliphatic rings. The van der Waals surface area contributed by atoms with Crippen molar-refractivity contribution >= 4 is 6.29 Å². The summed E-state index contributed by atoms with van der Waals surface area (Å²) in [6.07, 6.45) is 1.82. The molecule has 0 fully saturated rings. The summed E-state index contributed by atoms with van der Waals surface area (Å²) < 4.78 is 5.06. The number of hydrogen-bond donors (Lipinski definition) is 0. The van der Waals surface area contributed by atoms with E-state index in [4.69, 9.17) is 4.74 Å². The van der Waals surface area contributed by atoms with Gasteiger partial charge in [0, 0.05) is 5.56 Å². The number of hydrogen-bond acceptors (Lipinski definition) is 2. The molecule has 0 aliphatic carbocycles. The SMILES string of the molecule is COc1ccc(CC(C)C)c(C=O)c1. The lowest BCUT2D eigenvalue weighted by Crippen LogP contribution is -1.99. The first-order valence-corrected chi connectivity index (χ1v) is 4.79. The minimum atomic E-state index is 0.557. The minimum absolute atomic E-state index is 0.557. The first kappa shape index (κ1) is 10.8. The molecule has 0 bridgehead atoms. The van der Waals surface area contributed by atoms with Crippen molar-refractivity contribution in [1.82, 2.24) is 0 Å². The van der Waals surface area contributed by atoms with Crippen molar-refractivity contribution in [3.63, 3.8) is 0 Å². The number of benzene rings is 1. The Hall–Kier alpha value is -1.31. The molecule has 0 aliphatic heterocycles. The van der Waals surface area contributed by atoms with Gasteiger partial charge in [-0.15, -0.1) is 0 Å². The summed E-state index contributed by atoms with van der Waals surface area (Å²) in [6, 6.07) is 5.64. The molecule has 0 saturated carbocycles. The lowest BCUT2D eigenvalue weighted by atomic mass is 9.98. The molecule has 2 heteroatoms. The Morgan fingerprint density at radius 1 is 1.43 bits per heavy atom. The zero-order chi connectivity index (χ0) is 10.6. The number of aldehydes is 1. The van der Waals surface area contributed by atoms with Crippen molar-refractivity contribution in [3.8, 4) is 5.75 Å². The second-order valence-electron chi connectivity index (χ2n) is 3.78. The molecule has 76 valence electrons. The van der Waals surface area contributed by atoms with Crippen molar-refractivity contribution in [2.45, 2.75) is 20.3 Å². The predicted molar refractivity (Wildman–Crippen MR) is 56.9 cm³/mol. The molecule has 1 aromatic carbocycles. The normalized spacial score (nSPS) is 10.3. The highest BCUT2D eigenvalue weighted by atomic mass is 16.5. The van der Waals surface area contributed by atoms with Gasteiger partial charge < -0.3 is 4.74 Å². The highest BCUT2D eigenvalue weighted by Gasteiger charge is 2.05. The largest absolute Gasteiger partial charge is 0.497 e. The third-order valence-corrected chi connectivity index (χ3v) is 2.11. The van der Waals surface area contributed by atoms with Crippen LogP contribution in [0.2, 0.25) is 0 Å². The van der Waals surface area contributed by atoms with Crippen LogP contribution in [0.1, 0.15) is 29.8 Å². The van der Waals surface area contributed by atoms with Gasteiger partial charge in [0.2, 0.25) is 0 Å². The highest BCUT2D eigenvalue weighted by molar-refractivity contribution is 5.78. The number of ether oxygens (including phenoxy) is 1. The molecular weight excluding hydrogens is 176 g/mol. The van der Waals surface area contributed by atoms with Gasteiger partial charge in [0.05, 0.1) is 7.11 Å². The van der Waals surface area contributed by atoms with E-state index in [0.29, 0.717) is 5.92 Å². The van der Waals surface area contributed by atoms with Crippen LogP contribution in [0, 0.1) is 5.92 Å². The van der Waals surface area contributed by atoms with Gasteiger partial charge in [0.25, 0.3) is 0 Å². The number of methoxy groups -OCH3 is 1. The first-order chi connectivity index (χ1) is 6.67. The lowest BCUT2D eigenvalue weighted by molar-refractivity contribution is 0.112. The number of rotatable bonds is 4. The molecule has 14 heavy (non-hydrogen) atoms. The van der Waals surface area contributed by atoms with Gasteiger partial charge in [-0.05, 0) is 30.0 Å². The van der Waals surface area contributed by atoms with Crippen LogP contribution in [-0.4, -0.2) is 13.4 Å². The molecule has 0 amide bonds. The van der Waals surface area contributed by atoms with Gasteiger partial charge in [-0.1, -0.05) is 19.9 Å². The van der Waals surface area contributed by atoms with Crippen LogP contribution in [0.25, 0.3) is 0 Å². The molecule has 0 unspecified atom stereocenters. The van der Waals surface area contributed by atoms with Crippen LogP contribution >= 0.6 is 0 Å². The van der Waals surface area contributed by atoms with E-state index in [1.54, 1.807) is 13.2 Å². The van der Waals surface area contributed by atoms with Crippen LogP contribution in [0.4, 0.5) is 0 Å². The highest BCUT2D eigenvalue weighted by Crippen LogP contribution is 2.18. The third kappa shape index (κ3) is 2.59. The molecule has 0 radical (unpaired) electrons. The summed E-state index contributed by atoms with van der Waals surface area (Å²) in [5.74, 6) is 1.29. The van der Waals surface area contributed by atoms with Gasteiger partial charge in [0.15, 0.2) is 0 Å². The summed E-state index contributed by atoms with van der Waals surface area (Å²) in [4.78, 5) is 10.8. The van der Waals surface area contributed by atoms with Crippen molar-refractivity contribution < 1.29 is 9.53 Å². The molecule has 0 aromatic heterocycles. The fraction of sp³-hybridized carbons (Fsp3) is 0.417. The van der Waals surface area contributed by atoms with E-state index in [9.17, 15) is 4.79 Å². The van der Waals surface area contributed by atoms with Crippen molar-refractivity contribution in [2.24, 2.45) is 5.92 Å². The van der Waals surface area contributed by atoms with Crippen molar-refractivity contribution in [3.05, 3.63) is 29.3 Å². The van der Waals surface area contributed by atoms with Crippen LogP contribution in [-0.2, 0) is 6.42 Å². The second-order valence-corrected chi connectivity index (χ2v) is 3.78. The lowest BCUT2D eigenvalue weighted by Gasteiger charge is -2.09. The summed E-state index contributed by atoms with van der Waals surface area (Å²) in [5.41, 5.74) is 1.83. The number of carbonyl (C=O) groups excluding carboxylic acids is 1. The maximum atomic E-state index is 10.8. The maximum Gasteiger partial charge on any atom is 0.150 e. The molecule has 0 atom stereocenters. The molecule has 1 rings (SSSR count). The summed E-state index contributed by atoms with van der Waals surface area (Å²) in [7, 11) is 1.60. The first-order valence-electron chi connectivity index (χ1n) is 4.79. The fourth-order valence-corrected chi connectivity index (χ4v) is 1.44. The molecule has 2 nitrogen and oxygen atoms in total. The van der Waals surface area contributed by atoms with Gasteiger partial charge in [-0.3, -0.25) is 4.79 Å². The van der Waals surface area contributed by atoms with E-state index in [1.807, 2.05) is 12.1 Å². The van der Waals surface area contributed by atoms with Gasteiger partial charge in [-0.2, -0.15) is 0 Å². The summed E-state index contributed by atoms with van der Waals surface area (Å²) in [5, 5.41) is 0. The Kier molecular flexibility index (Phi) is 3.69. The van der Waals surface area contributed by atoms with E-state index in [-0.39, 0.29) is 0 Å². The Balaban J connectivity index is 2.99. The smallest absolute Gasteiger partial charge is 0.150 e. The average molecular weight is 192 g/mol. The van der Waals surface area contributed by atoms with E-state index < -0.39 is 0 Å². The Morgan fingerprint density at radius 3 is 2.64 bits per heavy atom. The molecule has 1 aromatic rings. The number of carbonyl (C=O) groups is 1. The van der Waals surface area contributed by atoms with Gasteiger partial charge in [0.1, 0.15) is 12.0 Å². The van der Waals surface area contributed by atoms with Crippen molar-refractivity contribution in [1.29, 1.82) is 0 Å². The fourth-order valence-electron chi connectivity index (χ4n) is 1.44. The zero-order valence-electron chi connectivity index (χ0n) is 8.91. The summed E-state index contributed by atoms with van der Waals surface area (Å²) in [6.45, 7) is 4.28. The van der Waals surface area contributed by atoms with Crippen LogP contribution in [0.5, 0.6) is 5.75 Å². The Morgan fingerprint density at radius 2 is 2.14 bits per heavy atom. The maximum absolute atomic E-state index is 10.8. The third-order valence-electron chi connectivity index (χ3n) is 2.11. The second kappa shape index (κ2) is 4.80. The Labute approximate surface area is 84.9 Å². The van der Waals surface area contributed by atoms with Crippen molar-refractivity contribution in [2.75, 3.05) is 7.11 Å². The molecular formula is C12H16O2. The Bertz CT molecular complexity index is 316. The van der Waals surface area contributed by atoms with Crippen LogP contribution in [0.3, 0.4) is 0 Å². The molecule has 0 N–H and O–H groups in total. The topological polar surface area (TPSA) is 26.3 Å². The van der Waals surface area contributed by atoms with E-state index in [1.165, 1.54) is 0 Å². The minimum Gasteiger partial charge on any atom is -0.497 e.